The van der Waals surface area contributed by atoms with Crippen LogP contribution in [-0.2, 0) is 9.53 Å². The Morgan fingerprint density at radius 3 is 2.77 bits per heavy atom. The fourth-order valence-corrected chi connectivity index (χ4v) is 2.33. The van der Waals surface area contributed by atoms with Crippen molar-refractivity contribution in [2.24, 2.45) is 5.41 Å². The normalized spacial score (nSPS) is 27.2. The highest BCUT2D eigenvalue weighted by Gasteiger charge is 2.40. The SMILES string of the molecule is CCOC(=O)[C@@]1(CC)CC=C(Br)C1. The fraction of sp³-hybridized carbons (Fsp3) is 0.700. The predicted molar refractivity (Wildman–Crippen MR) is 55.6 cm³/mol. The molecule has 0 bridgehead atoms. The zero-order valence-electron chi connectivity index (χ0n) is 8.10. The molecule has 0 fully saturated rings. The molecule has 1 aliphatic carbocycles. The first-order valence-electron chi connectivity index (χ1n) is 4.66. The molecule has 0 amide bonds. The molecule has 0 N–H and O–H groups in total. The van der Waals surface area contributed by atoms with Gasteiger partial charge in [-0.3, -0.25) is 4.79 Å². The lowest BCUT2D eigenvalue weighted by molar-refractivity contribution is -0.155. The van der Waals surface area contributed by atoms with E-state index in [1.165, 1.54) is 0 Å². The molecule has 0 aromatic rings. The second-order valence-electron chi connectivity index (χ2n) is 3.39. The van der Waals surface area contributed by atoms with Gasteiger partial charge in [-0.05, 0) is 30.7 Å². The third-order valence-electron chi connectivity index (χ3n) is 2.61. The number of carbonyl (C=O) groups is 1. The van der Waals surface area contributed by atoms with Crippen molar-refractivity contribution in [2.45, 2.75) is 33.1 Å². The Balaban J connectivity index is 2.67. The Kier molecular flexibility index (Phi) is 3.54. The first-order valence-corrected chi connectivity index (χ1v) is 5.45. The molecule has 13 heavy (non-hydrogen) atoms. The van der Waals surface area contributed by atoms with Gasteiger partial charge in [-0.1, -0.05) is 28.9 Å². The minimum Gasteiger partial charge on any atom is -0.466 e. The third-order valence-corrected chi connectivity index (χ3v) is 3.21. The third kappa shape index (κ3) is 2.13. The number of hydrogen-bond donors (Lipinski definition) is 0. The maximum atomic E-state index is 11.7. The van der Waals surface area contributed by atoms with E-state index in [1.807, 2.05) is 13.8 Å². The summed E-state index contributed by atoms with van der Waals surface area (Å²) < 4.78 is 6.20. The number of halogens is 1. The van der Waals surface area contributed by atoms with E-state index in [9.17, 15) is 4.79 Å². The van der Waals surface area contributed by atoms with Crippen LogP contribution in [0, 0.1) is 5.41 Å². The maximum Gasteiger partial charge on any atom is 0.312 e. The van der Waals surface area contributed by atoms with Crippen molar-refractivity contribution < 1.29 is 9.53 Å². The maximum absolute atomic E-state index is 11.7. The molecule has 0 heterocycles. The topological polar surface area (TPSA) is 26.3 Å². The Labute approximate surface area is 87.5 Å². The van der Waals surface area contributed by atoms with Crippen LogP contribution in [0.15, 0.2) is 10.6 Å². The van der Waals surface area contributed by atoms with Crippen LogP contribution in [0.25, 0.3) is 0 Å². The second-order valence-corrected chi connectivity index (χ2v) is 4.40. The molecule has 3 heteroatoms. The van der Waals surface area contributed by atoms with E-state index in [2.05, 4.69) is 22.0 Å². The highest BCUT2D eigenvalue weighted by molar-refractivity contribution is 9.11. The van der Waals surface area contributed by atoms with Crippen molar-refractivity contribution in [1.82, 2.24) is 0 Å². The van der Waals surface area contributed by atoms with E-state index in [1.54, 1.807) is 0 Å². The molecule has 0 aliphatic heterocycles. The number of rotatable bonds is 3. The summed E-state index contributed by atoms with van der Waals surface area (Å²) in [4.78, 5) is 11.7. The average Bonchev–Trinajstić information content (AvgIpc) is 2.49. The average molecular weight is 247 g/mol. The number of hydrogen-bond acceptors (Lipinski definition) is 2. The number of ether oxygens (including phenoxy) is 1. The van der Waals surface area contributed by atoms with E-state index in [4.69, 9.17) is 4.74 Å². The second kappa shape index (κ2) is 4.27. The standard InChI is InChI=1S/C10H15BrO2/c1-3-10(9(12)13-4-2)6-5-8(11)7-10/h5H,3-4,6-7H2,1-2H3/t10-/m0/s1. The van der Waals surface area contributed by atoms with Crippen molar-refractivity contribution >= 4 is 21.9 Å². The van der Waals surface area contributed by atoms with Gasteiger partial charge in [0.2, 0.25) is 0 Å². The fourth-order valence-electron chi connectivity index (χ4n) is 1.63. The van der Waals surface area contributed by atoms with Gasteiger partial charge in [-0.2, -0.15) is 0 Å². The zero-order chi connectivity index (χ0) is 9.90. The first-order chi connectivity index (χ1) is 6.14. The molecule has 74 valence electrons. The lowest BCUT2D eigenvalue weighted by atomic mass is 9.83. The molecule has 0 aromatic heterocycles. The predicted octanol–water partition coefficient (Wildman–Crippen LogP) is 3.02. The van der Waals surface area contributed by atoms with Crippen molar-refractivity contribution in [3.8, 4) is 0 Å². The Morgan fingerprint density at radius 1 is 1.69 bits per heavy atom. The van der Waals surface area contributed by atoms with E-state index >= 15 is 0 Å². The van der Waals surface area contributed by atoms with Crippen molar-refractivity contribution in [3.63, 3.8) is 0 Å². The summed E-state index contributed by atoms with van der Waals surface area (Å²) in [6.45, 7) is 4.35. The summed E-state index contributed by atoms with van der Waals surface area (Å²) in [5, 5.41) is 0. The van der Waals surface area contributed by atoms with Crippen molar-refractivity contribution in [1.29, 1.82) is 0 Å². The van der Waals surface area contributed by atoms with Crippen LogP contribution < -0.4 is 0 Å². The molecule has 0 saturated carbocycles. The van der Waals surface area contributed by atoms with Gasteiger partial charge in [-0.15, -0.1) is 0 Å². The van der Waals surface area contributed by atoms with E-state index < -0.39 is 0 Å². The van der Waals surface area contributed by atoms with Crippen LogP contribution in [0.5, 0.6) is 0 Å². The number of esters is 1. The van der Waals surface area contributed by atoms with E-state index in [0.29, 0.717) is 6.61 Å². The summed E-state index contributed by atoms with van der Waals surface area (Å²) in [5.41, 5.74) is -0.283. The highest BCUT2D eigenvalue weighted by atomic mass is 79.9. The van der Waals surface area contributed by atoms with Gasteiger partial charge in [0.1, 0.15) is 0 Å². The molecule has 1 rings (SSSR count). The quantitative estimate of drug-likeness (QED) is 0.716. The lowest BCUT2D eigenvalue weighted by Crippen LogP contribution is -2.29. The van der Waals surface area contributed by atoms with Crippen LogP contribution in [0.1, 0.15) is 33.1 Å². The van der Waals surface area contributed by atoms with Gasteiger partial charge < -0.3 is 4.74 Å². The molecule has 0 aromatic carbocycles. The molecule has 1 aliphatic rings. The van der Waals surface area contributed by atoms with Crippen LogP contribution in [0.4, 0.5) is 0 Å². The van der Waals surface area contributed by atoms with Gasteiger partial charge >= 0.3 is 5.97 Å². The smallest absolute Gasteiger partial charge is 0.312 e. The summed E-state index contributed by atoms with van der Waals surface area (Å²) in [6.07, 6.45) is 4.52. The monoisotopic (exact) mass is 246 g/mol. The van der Waals surface area contributed by atoms with Crippen molar-refractivity contribution in [2.75, 3.05) is 6.61 Å². The van der Waals surface area contributed by atoms with Crippen molar-refractivity contribution in [3.05, 3.63) is 10.6 Å². The van der Waals surface area contributed by atoms with Crippen LogP contribution in [0.2, 0.25) is 0 Å². The van der Waals surface area contributed by atoms with Gasteiger partial charge in [0.15, 0.2) is 0 Å². The Bertz CT molecular complexity index is 235. The van der Waals surface area contributed by atoms with Crippen LogP contribution in [0.3, 0.4) is 0 Å². The number of carbonyl (C=O) groups excluding carboxylic acids is 1. The lowest BCUT2D eigenvalue weighted by Gasteiger charge is -2.24. The van der Waals surface area contributed by atoms with E-state index in [-0.39, 0.29) is 11.4 Å². The minimum atomic E-state index is -0.283. The van der Waals surface area contributed by atoms with Gasteiger partial charge in [0.25, 0.3) is 0 Å². The van der Waals surface area contributed by atoms with Gasteiger partial charge in [0.05, 0.1) is 12.0 Å². The Hall–Kier alpha value is -0.310. The minimum absolute atomic E-state index is 0.0526. The molecule has 0 unspecified atom stereocenters. The summed E-state index contributed by atoms with van der Waals surface area (Å²) in [6, 6.07) is 0. The largest absolute Gasteiger partial charge is 0.466 e. The molecular weight excluding hydrogens is 232 g/mol. The number of allylic oxidation sites excluding steroid dienone is 2. The van der Waals surface area contributed by atoms with Gasteiger partial charge in [0, 0.05) is 0 Å². The molecular formula is C10H15BrO2. The molecule has 2 nitrogen and oxygen atoms in total. The van der Waals surface area contributed by atoms with Crippen LogP contribution >= 0.6 is 15.9 Å². The zero-order valence-corrected chi connectivity index (χ0v) is 9.69. The summed E-state index contributed by atoms with van der Waals surface area (Å²) in [7, 11) is 0. The molecule has 0 saturated heterocycles. The molecule has 0 radical (unpaired) electrons. The molecule has 1 atom stereocenters. The highest BCUT2D eigenvalue weighted by Crippen LogP contribution is 2.43. The Morgan fingerprint density at radius 2 is 2.38 bits per heavy atom. The first kappa shape index (κ1) is 10.8. The molecule has 0 spiro atoms. The summed E-state index contributed by atoms with van der Waals surface area (Å²) >= 11 is 3.43. The summed E-state index contributed by atoms with van der Waals surface area (Å²) in [5.74, 6) is -0.0526. The van der Waals surface area contributed by atoms with E-state index in [0.717, 1.165) is 23.7 Å². The van der Waals surface area contributed by atoms with Crippen LogP contribution in [-0.4, -0.2) is 12.6 Å². The van der Waals surface area contributed by atoms with Gasteiger partial charge in [-0.25, -0.2) is 0 Å².